The van der Waals surface area contributed by atoms with Crippen LogP contribution in [0.2, 0.25) is 0 Å². The molecule has 2 heteroatoms. The Labute approximate surface area is 124 Å². The normalized spacial score (nSPS) is 14.2. The lowest BCUT2D eigenvalue weighted by Crippen LogP contribution is -2.41. The van der Waals surface area contributed by atoms with E-state index >= 15 is 0 Å². The van der Waals surface area contributed by atoms with Gasteiger partial charge in [0.1, 0.15) is 11.9 Å². The third-order valence-electron chi connectivity index (χ3n) is 3.78. The maximum absolute atomic E-state index is 5.95. The molecule has 1 aromatic rings. The van der Waals surface area contributed by atoms with E-state index in [4.69, 9.17) is 4.74 Å². The molecule has 1 atom stereocenters. The molecule has 20 heavy (non-hydrogen) atoms. The van der Waals surface area contributed by atoms with Crippen molar-refractivity contribution in [2.24, 2.45) is 0 Å². The first-order valence-electron chi connectivity index (χ1n) is 7.66. The van der Waals surface area contributed by atoms with Gasteiger partial charge in [-0.15, -0.1) is 0 Å². The van der Waals surface area contributed by atoms with E-state index in [1.54, 1.807) is 0 Å². The van der Waals surface area contributed by atoms with Crippen molar-refractivity contribution in [3.63, 3.8) is 0 Å². The molecular formula is C18H31NO. The summed E-state index contributed by atoms with van der Waals surface area (Å²) in [5.74, 6) is 0.948. The molecule has 0 aromatic heterocycles. The Kier molecular flexibility index (Phi) is 5.64. The first-order chi connectivity index (χ1) is 9.14. The zero-order valence-electron chi connectivity index (χ0n) is 14.2. The molecule has 0 radical (unpaired) electrons. The highest BCUT2D eigenvalue weighted by molar-refractivity contribution is 5.31. The minimum atomic E-state index is 0.132. The van der Waals surface area contributed by atoms with Crippen molar-refractivity contribution < 1.29 is 4.74 Å². The second-order valence-electron chi connectivity index (χ2n) is 7.32. The number of hydrogen-bond acceptors (Lipinski definition) is 2. The second kappa shape index (κ2) is 6.62. The molecule has 0 bridgehead atoms. The summed E-state index contributed by atoms with van der Waals surface area (Å²) in [4.78, 5) is 0. The number of nitrogens with one attached hydrogen (secondary N) is 1. The first kappa shape index (κ1) is 17.0. The van der Waals surface area contributed by atoms with Gasteiger partial charge in [-0.1, -0.05) is 32.9 Å². The van der Waals surface area contributed by atoms with Crippen LogP contribution in [0.4, 0.5) is 0 Å². The van der Waals surface area contributed by atoms with Gasteiger partial charge in [0.15, 0.2) is 0 Å². The third kappa shape index (κ3) is 5.54. The van der Waals surface area contributed by atoms with Crippen molar-refractivity contribution in [1.82, 2.24) is 5.32 Å². The van der Waals surface area contributed by atoms with Crippen molar-refractivity contribution in [2.45, 2.75) is 71.9 Å². The topological polar surface area (TPSA) is 21.3 Å². The average Bonchev–Trinajstić information content (AvgIpc) is 2.36. The van der Waals surface area contributed by atoms with E-state index in [0.29, 0.717) is 0 Å². The van der Waals surface area contributed by atoms with Crippen LogP contribution in [0.25, 0.3) is 0 Å². The summed E-state index contributed by atoms with van der Waals surface area (Å²) in [7, 11) is 0. The smallest absolute Gasteiger partial charge is 0.119 e. The minimum absolute atomic E-state index is 0.132. The molecule has 0 spiro atoms. The van der Waals surface area contributed by atoms with Crippen LogP contribution in [-0.2, 0) is 5.41 Å². The van der Waals surface area contributed by atoms with Gasteiger partial charge in [-0.25, -0.2) is 0 Å². The van der Waals surface area contributed by atoms with Crippen LogP contribution in [0.3, 0.4) is 0 Å². The fourth-order valence-electron chi connectivity index (χ4n) is 1.91. The van der Waals surface area contributed by atoms with Crippen LogP contribution in [-0.4, -0.2) is 18.2 Å². The monoisotopic (exact) mass is 277 g/mol. The molecule has 114 valence electrons. The van der Waals surface area contributed by atoms with Crippen LogP contribution < -0.4 is 10.1 Å². The van der Waals surface area contributed by atoms with E-state index in [1.807, 2.05) is 0 Å². The average molecular weight is 277 g/mol. The van der Waals surface area contributed by atoms with Gasteiger partial charge in [0.2, 0.25) is 0 Å². The Morgan fingerprint density at radius 1 is 1.05 bits per heavy atom. The number of benzene rings is 1. The fourth-order valence-corrected chi connectivity index (χ4v) is 1.91. The van der Waals surface area contributed by atoms with Crippen LogP contribution in [0.5, 0.6) is 5.75 Å². The summed E-state index contributed by atoms with van der Waals surface area (Å²) in [5.41, 5.74) is 1.73. The molecule has 1 unspecified atom stereocenters. The quantitative estimate of drug-likeness (QED) is 0.825. The van der Waals surface area contributed by atoms with Gasteiger partial charge in [0.05, 0.1) is 0 Å². The largest absolute Gasteiger partial charge is 0.489 e. The summed E-state index contributed by atoms with van der Waals surface area (Å²) < 4.78 is 5.95. The molecule has 0 aliphatic rings. The van der Waals surface area contributed by atoms with Crippen molar-refractivity contribution in [2.75, 3.05) is 6.54 Å². The molecule has 0 fully saturated rings. The number of rotatable bonds is 6. The van der Waals surface area contributed by atoms with Crippen molar-refractivity contribution in [1.29, 1.82) is 0 Å². The highest BCUT2D eigenvalue weighted by Crippen LogP contribution is 2.28. The van der Waals surface area contributed by atoms with Gasteiger partial charge in [0, 0.05) is 12.1 Å². The third-order valence-corrected chi connectivity index (χ3v) is 3.78. The van der Waals surface area contributed by atoms with Gasteiger partial charge >= 0.3 is 0 Å². The summed E-state index contributed by atoms with van der Waals surface area (Å²) in [6.45, 7) is 16.2. The Hall–Kier alpha value is -1.02. The lowest BCUT2D eigenvalue weighted by molar-refractivity contribution is 0.203. The van der Waals surface area contributed by atoms with Crippen LogP contribution >= 0.6 is 0 Å². The molecule has 1 aromatic carbocycles. The molecule has 1 N–H and O–H groups in total. The van der Waals surface area contributed by atoms with Gasteiger partial charge in [0.25, 0.3) is 0 Å². The van der Waals surface area contributed by atoms with E-state index in [-0.39, 0.29) is 17.1 Å². The van der Waals surface area contributed by atoms with E-state index < -0.39 is 0 Å². The molecule has 1 rings (SSSR count). The molecule has 0 aliphatic carbocycles. The van der Waals surface area contributed by atoms with Gasteiger partial charge in [-0.3, -0.25) is 0 Å². The van der Waals surface area contributed by atoms with Gasteiger partial charge < -0.3 is 10.1 Å². The molecule has 0 amide bonds. The first-order valence-corrected chi connectivity index (χ1v) is 7.66. The maximum Gasteiger partial charge on any atom is 0.119 e. The summed E-state index contributed by atoms with van der Waals surface area (Å²) in [5, 5.41) is 3.46. The van der Waals surface area contributed by atoms with Crippen LogP contribution in [0, 0.1) is 0 Å². The zero-order chi connectivity index (χ0) is 15.4. The van der Waals surface area contributed by atoms with Gasteiger partial charge in [-0.05, 0) is 57.2 Å². The Morgan fingerprint density at radius 3 is 2.05 bits per heavy atom. The predicted molar refractivity (Wildman–Crippen MR) is 87.6 cm³/mol. The maximum atomic E-state index is 5.95. The SMILES string of the molecule is CCC(C)(C)c1ccc(OC(C)CNC(C)(C)C)cc1. The lowest BCUT2D eigenvalue weighted by Gasteiger charge is -2.25. The Bertz CT molecular complexity index is 400. The molecular weight excluding hydrogens is 246 g/mol. The Balaban J connectivity index is 2.57. The lowest BCUT2D eigenvalue weighted by atomic mass is 9.82. The predicted octanol–water partition coefficient (Wildman–Crippen LogP) is 4.53. The summed E-state index contributed by atoms with van der Waals surface area (Å²) in [6.07, 6.45) is 1.30. The van der Waals surface area contributed by atoms with Crippen molar-refractivity contribution in [3.8, 4) is 5.75 Å². The molecule has 0 aliphatic heterocycles. The molecule has 0 heterocycles. The highest BCUT2D eigenvalue weighted by atomic mass is 16.5. The van der Waals surface area contributed by atoms with Crippen molar-refractivity contribution >= 4 is 0 Å². The minimum Gasteiger partial charge on any atom is -0.489 e. The van der Waals surface area contributed by atoms with Crippen molar-refractivity contribution in [3.05, 3.63) is 29.8 Å². The summed E-state index contributed by atoms with van der Waals surface area (Å²) >= 11 is 0. The van der Waals surface area contributed by atoms with E-state index in [1.165, 1.54) is 5.56 Å². The van der Waals surface area contributed by atoms with E-state index in [2.05, 4.69) is 78.0 Å². The van der Waals surface area contributed by atoms with Gasteiger partial charge in [-0.2, -0.15) is 0 Å². The zero-order valence-corrected chi connectivity index (χ0v) is 14.2. The Morgan fingerprint density at radius 2 is 1.60 bits per heavy atom. The molecule has 0 saturated carbocycles. The highest BCUT2D eigenvalue weighted by Gasteiger charge is 2.18. The number of hydrogen-bond donors (Lipinski definition) is 1. The molecule has 0 saturated heterocycles. The van der Waals surface area contributed by atoms with Crippen LogP contribution in [0.1, 0.15) is 60.5 Å². The summed E-state index contributed by atoms with van der Waals surface area (Å²) in [6, 6.07) is 8.53. The van der Waals surface area contributed by atoms with E-state index in [9.17, 15) is 0 Å². The van der Waals surface area contributed by atoms with Crippen LogP contribution in [0.15, 0.2) is 24.3 Å². The molecule has 2 nitrogen and oxygen atoms in total. The van der Waals surface area contributed by atoms with E-state index in [0.717, 1.165) is 18.7 Å². The second-order valence-corrected chi connectivity index (χ2v) is 7.32. The standard InChI is InChI=1S/C18H31NO/c1-8-18(6,7)15-9-11-16(12-10-15)20-14(2)13-19-17(3,4)5/h9-12,14,19H,8,13H2,1-7H3. The number of ether oxygens (including phenoxy) is 1. The fraction of sp³-hybridized carbons (Fsp3) is 0.667.